The van der Waals surface area contributed by atoms with E-state index in [4.69, 9.17) is 9.47 Å². The minimum absolute atomic E-state index is 0.138. The van der Waals surface area contributed by atoms with Gasteiger partial charge in [-0.05, 0) is 44.1 Å². The molecule has 0 fully saturated rings. The van der Waals surface area contributed by atoms with Crippen LogP contribution >= 0.6 is 0 Å². The van der Waals surface area contributed by atoms with Crippen molar-refractivity contribution in [2.75, 3.05) is 39.8 Å². The van der Waals surface area contributed by atoms with E-state index in [2.05, 4.69) is 31.1 Å². The molecule has 5 nitrogen and oxygen atoms in total. The molecule has 1 atom stereocenters. The second-order valence-electron chi connectivity index (χ2n) is 7.15. The molecule has 2 aromatic carbocycles. The number of hydrogen-bond acceptors (Lipinski definition) is 4. The molecule has 1 aliphatic rings. The summed E-state index contributed by atoms with van der Waals surface area (Å²) < 4.78 is 10.9. The molecule has 0 aromatic heterocycles. The number of carbonyl (C=O) groups is 1. The Morgan fingerprint density at radius 2 is 1.78 bits per heavy atom. The SMILES string of the molecule is COc1cc2c(cc1OC)N(C(=O)CCc1ccccc1)CC(N(C)C)C2. The molecule has 144 valence electrons. The standard InChI is InChI=1S/C22H28N2O3/c1-23(2)18-12-17-13-20(26-3)21(27-4)14-19(17)24(15-18)22(25)11-10-16-8-6-5-7-9-16/h5-9,13-14,18H,10-12,15H2,1-4H3. The fraction of sp³-hybridized carbons (Fsp3) is 0.409. The number of aryl methyl sites for hydroxylation is 1. The number of carbonyl (C=O) groups excluding carboxylic acids is 1. The summed E-state index contributed by atoms with van der Waals surface area (Å²) in [6.07, 6.45) is 2.11. The predicted molar refractivity (Wildman–Crippen MR) is 108 cm³/mol. The lowest BCUT2D eigenvalue weighted by atomic mass is 9.95. The first-order valence-electron chi connectivity index (χ1n) is 9.29. The van der Waals surface area contributed by atoms with Crippen molar-refractivity contribution in [3.8, 4) is 11.5 Å². The van der Waals surface area contributed by atoms with Gasteiger partial charge in [0, 0.05) is 25.1 Å². The number of methoxy groups -OCH3 is 2. The lowest BCUT2D eigenvalue weighted by Crippen LogP contribution is -2.48. The Balaban J connectivity index is 1.88. The second kappa shape index (κ2) is 8.44. The molecular weight excluding hydrogens is 340 g/mol. The second-order valence-corrected chi connectivity index (χ2v) is 7.15. The summed E-state index contributed by atoms with van der Waals surface area (Å²) in [4.78, 5) is 17.2. The van der Waals surface area contributed by atoms with Crippen molar-refractivity contribution in [2.24, 2.45) is 0 Å². The first-order valence-corrected chi connectivity index (χ1v) is 9.29. The van der Waals surface area contributed by atoms with E-state index in [9.17, 15) is 4.79 Å². The summed E-state index contributed by atoms with van der Waals surface area (Å²) in [5.41, 5.74) is 3.23. The van der Waals surface area contributed by atoms with E-state index in [1.165, 1.54) is 5.56 Å². The fourth-order valence-corrected chi connectivity index (χ4v) is 3.57. The van der Waals surface area contributed by atoms with E-state index in [-0.39, 0.29) is 11.9 Å². The molecule has 5 heteroatoms. The van der Waals surface area contributed by atoms with E-state index in [1.54, 1.807) is 14.2 Å². The highest BCUT2D eigenvalue weighted by molar-refractivity contribution is 5.95. The number of anilines is 1. The molecule has 3 rings (SSSR count). The summed E-state index contributed by atoms with van der Waals surface area (Å²) in [5.74, 6) is 1.49. The van der Waals surface area contributed by atoms with E-state index in [1.807, 2.05) is 35.2 Å². The molecular formula is C22H28N2O3. The Morgan fingerprint density at radius 3 is 2.41 bits per heavy atom. The van der Waals surface area contributed by atoms with Crippen LogP contribution in [0.4, 0.5) is 5.69 Å². The highest BCUT2D eigenvalue weighted by Crippen LogP contribution is 2.38. The maximum absolute atomic E-state index is 13.1. The van der Waals surface area contributed by atoms with Crippen LogP contribution in [0.1, 0.15) is 17.5 Å². The number of hydrogen-bond donors (Lipinski definition) is 0. The van der Waals surface area contributed by atoms with Crippen molar-refractivity contribution in [1.82, 2.24) is 4.90 Å². The van der Waals surface area contributed by atoms with Crippen LogP contribution in [0.2, 0.25) is 0 Å². The van der Waals surface area contributed by atoms with Gasteiger partial charge in [0.1, 0.15) is 0 Å². The molecule has 1 unspecified atom stereocenters. The highest BCUT2D eigenvalue weighted by atomic mass is 16.5. The minimum Gasteiger partial charge on any atom is -0.493 e. The number of nitrogens with zero attached hydrogens (tertiary/aromatic N) is 2. The molecule has 0 spiro atoms. The number of rotatable bonds is 6. The van der Waals surface area contributed by atoms with Crippen LogP contribution in [-0.4, -0.2) is 51.7 Å². The van der Waals surface area contributed by atoms with Crippen molar-refractivity contribution < 1.29 is 14.3 Å². The maximum Gasteiger partial charge on any atom is 0.227 e. The van der Waals surface area contributed by atoms with Gasteiger partial charge in [-0.3, -0.25) is 4.79 Å². The van der Waals surface area contributed by atoms with Crippen LogP contribution in [0.25, 0.3) is 0 Å². The predicted octanol–water partition coefficient (Wildman–Crippen LogP) is 3.16. The van der Waals surface area contributed by atoms with Crippen molar-refractivity contribution in [3.05, 3.63) is 53.6 Å². The van der Waals surface area contributed by atoms with Crippen molar-refractivity contribution in [2.45, 2.75) is 25.3 Å². The summed E-state index contributed by atoms with van der Waals surface area (Å²) >= 11 is 0. The lowest BCUT2D eigenvalue weighted by Gasteiger charge is -2.38. The minimum atomic E-state index is 0.138. The Labute approximate surface area is 161 Å². The largest absolute Gasteiger partial charge is 0.493 e. The Kier molecular flexibility index (Phi) is 6.01. The zero-order valence-electron chi connectivity index (χ0n) is 16.6. The van der Waals surface area contributed by atoms with Crippen LogP contribution in [0.15, 0.2) is 42.5 Å². The van der Waals surface area contributed by atoms with Crippen LogP contribution in [0.3, 0.4) is 0 Å². The summed E-state index contributed by atoms with van der Waals surface area (Å²) in [6.45, 7) is 0.684. The Morgan fingerprint density at radius 1 is 1.11 bits per heavy atom. The van der Waals surface area contributed by atoms with Gasteiger partial charge in [0.2, 0.25) is 5.91 Å². The summed E-state index contributed by atoms with van der Waals surface area (Å²) in [5, 5.41) is 0. The number of ether oxygens (including phenoxy) is 2. The van der Waals surface area contributed by atoms with Gasteiger partial charge in [0.05, 0.1) is 19.9 Å². The molecule has 1 amide bonds. The first-order chi connectivity index (χ1) is 13.0. The Hall–Kier alpha value is -2.53. The topological polar surface area (TPSA) is 42.0 Å². The number of fused-ring (bicyclic) bond motifs is 1. The van der Waals surface area contributed by atoms with Gasteiger partial charge in [-0.15, -0.1) is 0 Å². The molecule has 0 saturated carbocycles. The average Bonchev–Trinajstić information content (AvgIpc) is 2.70. The van der Waals surface area contributed by atoms with Gasteiger partial charge >= 0.3 is 0 Å². The molecule has 1 heterocycles. The fourth-order valence-electron chi connectivity index (χ4n) is 3.57. The molecule has 1 aliphatic heterocycles. The first kappa shape index (κ1) is 19.2. The van der Waals surface area contributed by atoms with Crippen LogP contribution in [0.5, 0.6) is 11.5 Å². The van der Waals surface area contributed by atoms with Crippen LogP contribution in [0, 0.1) is 0 Å². The van der Waals surface area contributed by atoms with Gasteiger partial charge in [0.15, 0.2) is 11.5 Å². The van der Waals surface area contributed by atoms with Gasteiger partial charge in [-0.2, -0.15) is 0 Å². The number of benzene rings is 2. The van der Waals surface area contributed by atoms with E-state index < -0.39 is 0 Å². The summed E-state index contributed by atoms with van der Waals surface area (Å²) in [6, 6.07) is 14.3. The monoisotopic (exact) mass is 368 g/mol. The van der Waals surface area contributed by atoms with Gasteiger partial charge < -0.3 is 19.3 Å². The number of likely N-dealkylation sites (N-methyl/N-ethyl adjacent to an activating group) is 1. The van der Waals surface area contributed by atoms with E-state index in [0.29, 0.717) is 24.5 Å². The van der Waals surface area contributed by atoms with Gasteiger partial charge in [0.25, 0.3) is 0 Å². The normalized spacial score (nSPS) is 16.2. The third kappa shape index (κ3) is 4.25. The highest BCUT2D eigenvalue weighted by Gasteiger charge is 2.30. The van der Waals surface area contributed by atoms with Gasteiger partial charge in [-0.1, -0.05) is 30.3 Å². The molecule has 27 heavy (non-hydrogen) atoms. The smallest absolute Gasteiger partial charge is 0.227 e. The third-order valence-electron chi connectivity index (χ3n) is 5.23. The van der Waals surface area contributed by atoms with Crippen molar-refractivity contribution in [3.63, 3.8) is 0 Å². The van der Waals surface area contributed by atoms with Crippen LogP contribution in [-0.2, 0) is 17.6 Å². The number of amides is 1. The van der Waals surface area contributed by atoms with E-state index >= 15 is 0 Å². The third-order valence-corrected chi connectivity index (χ3v) is 5.23. The van der Waals surface area contributed by atoms with Crippen LogP contribution < -0.4 is 14.4 Å². The molecule has 0 saturated heterocycles. The van der Waals surface area contributed by atoms with Crippen molar-refractivity contribution in [1.29, 1.82) is 0 Å². The van der Waals surface area contributed by atoms with Crippen molar-refractivity contribution >= 4 is 11.6 Å². The average molecular weight is 368 g/mol. The molecule has 2 aromatic rings. The zero-order valence-corrected chi connectivity index (χ0v) is 16.6. The maximum atomic E-state index is 13.1. The lowest BCUT2D eigenvalue weighted by molar-refractivity contribution is -0.118. The van der Waals surface area contributed by atoms with E-state index in [0.717, 1.165) is 24.1 Å². The Bertz CT molecular complexity index is 790. The molecule has 0 radical (unpaired) electrons. The van der Waals surface area contributed by atoms with Gasteiger partial charge in [-0.25, -0.2) is 0 Å². The summed E-state index contributed by atoms with van der Waals surface area (Å²) in [7, 11) is 7.38. The molecule has 0 N–H and O–H groups in total. The molecule has 0 aliphatic carbocycles. The zero-order chi connectivity index (χ0) is 19.4. The quantitative estimate of drug-likeness (QED) is 0.786. The molecule has 0 bridgehead atoms.